The van der Waals surface area contributed by atoms with E-state index in [9.17, 15) is 4.79 Å². The van der Waals surface area contributed by atoms with Crippen molar-refractivity contribution in [1.29, 1.82) is 0 Å². The molecule has 0 spiro atoms. The monoisotopic (exact) mass is 228 g/mol. The van der Waals surface area contributed by atoms with Crippen molar-refractivity contribution in [1.82, 2.24) is 10.3 Å². The first kappa shape index (κ1) is 11.5. The molecule has 1 amide bonds. The van der Waals surface area contributed by atoms with Gasteiger partial charge in [0.2, 0.25) is 5.91 Å². The molecule has 0 radical (unpaired) electrons. The van der Waals surface area contributed by atoms with Crippen LogP contribution in [0.2, 0.25) is 0 Å². The Morgan fingerprint density at radius 1 is 1.47 bits per heavy atom. The summed E-state index contributed by atoms with van der Waals surface area (Å²) in [7, 11) is 0. The van der Waals surface area contributed by atoms with Crippen LogP contribution in [0.15, 0.2) is 30.5 Å². The average Bonchev–Trinajstić information content (AvgIpc) is 2.69. The zero-order chi connectivity index (χ0) is 12.3. The summed E-state index contributed by atoms with van der Waals surface area (Å²) in [5, 5.41) is 3.98. The van der Waals surface area contributed by atoms with Gasteiger partial charge < -0.3 is 10.3 Å². The zero-order valence-corrected chi connectivity index (χ0v) is 10.1. The van der Waals surface area contributed by atoms with Gasteiger partial charge in [-0.1, -0.05) is 24.3 Å². The van der Waals surface area contributed by atoms with E-state index in [4.69, 9.17) is 0 Å². The second-order valence-electron chi connectivity index (χ2n) is 4.08. The number of amides is 1. The summed E-state index contributed by atoms with van der Waals surface area (Å²) in [6.07, 6.45) is 5.97. The summed E-state index contributed by atoms with van der Waals surface area (Å²) >= 11 is 0. The fourth-order valence-electron chi connectivity index (χ4n) is 1.92. The lowest BCUT2D eigenvalue weighted by atomic mass is 10.1. The number of aromatic nitrogens is 1. The molecule has 0 aliphatic rings. The summed E-state index contributed by atoms with van der Waals surface area (Å²) in [6.45, 7) is 4.18. The van der Waals surface area contributed by atoms with Crippen LogP contribution in [-0.2, 0) is 4.79 Å². The number of nitrogens with one attached hydrogen (secondary N) is 2. The number of rotatable bonds is 3. The Bertz CT molecular complexity index is 567. The summed E-state index contributed by atoms with van der Waals surface area (Å²) in [4.78, 5) is 14.0. The zero-order valence-electron chi connectivity index (χ0n) is 10.1. The van der Waals surface area contributed by atoms with Crippen molar-refractivity contribution in [2.75, 3.05) is 6.54 Å². The number of aryl methyl sites for hydroxylation is 1. The van der Waals surface area contributed by atoms with E-state index < -0.39 is 0 Å². The molecule has 0 fully saturated rings. The maximum atomic E-state index is 10.7. The fourth-order valence-corrected chi connectivity index (χ4v) is 1.92. The Hall–Kier alpha value is -2.03. The number of H-pyrrole nitrogens is 1. The van der Waals surface area contributed by atoms with E-state index in [2.05, 4.69) is 29.4 Å². The maximum Gasteiger partial charge on any atom is 0.217 e. The second kappa shape index (κ2) is 4.87. The quantitative estimate of drug-likeness (QED) is 0.833. The predicted octanol–water partition coefficient (Wildman–Crippen LogP) is 2.63. The minimum Gasteiger partial charge on any atom is -0.361 e. The molecule has 3 heteroatoms. The smallest absolute Gasteiger partial charge is 0.217 e. The van der Waals surface area contributed by atoms with Crippen molar-refractivity contribution in [2.45, 2.75) is 13.8 Å². The standard InChI is InChI=1S/C14H16N2O/c1-10-5-3-7-13-14(10)12(9-16-13)6-4-8-15-11(2)17/h3-7,9,16H,8H2,1-2H3,(H,15,17). The Labute approximate surface area is 101 Å². The number of benzene rings is 1. The summed E-state index contributed by atoms with van der Waals surface area (Å²) in [5.41, 5.74) is 3.55. The van der Waals surface area contributed by atoms with Gasteiger partial charge in [-0.05, 0) is 24.1 Å². The van der Waals surface area contributed by atoms with E-state index in [0.29, 0.717) is 6.54 Å². The Kier molecular flexibility index (Phi) is 3.28. The van der Waals surface area contributed by atoms with Crippen LogP contribution in [0.5, 0.6) is 0 Å². The number of aromatic amines is 1. The first-order chi connectivity index (χ1) is 8.18. The van der Waals surface area contributed by atoms with Crippen molar-refractivity contribution in [3.63, 3.8) is 0 Å². The number of carbonyl (C=O) groups is 1. The molecule has 0 saturated heterocycles. The fraction of sp³-hybridized carbons (Fsp3) is 0.214. The average molecular weight is 228 g/mol. The molecule has 2 aromatic rings. The molecule has 17 heavy (non-hydrogen) atoms. The lowest BCUT2D eigenvalue weighted by Crippen LogP contribution is -2.19. The minimum atomic E-state index is -0.00948. The highest BCUT2D eigenvalue weighted by molar-refractivity contribution is 5.91. The highest BCUT2D eigenvalue weighted by atomic mass is 16.1. The molecule has 2 N–H and O–H groups in total. The van der Waals surface area contributed by atoms with Crippen LogP contribution < -0.4 is 5.32 Å². The number of carbonyl (C=O) groups excluding carboxylic acids is 1. The molecule has 2 rings (SSSR count). The lowest BCUT2D eigenvalue weighted by molar-refractivity contribution is -0.118. The summed E-state index contributed by atoms with van der Waals surface area (Å²) in [6, 6.07) is 6.20. The minimum absolute atomic E-state index is 0.00948. The molecule has 3 nitrogen and oxygen atoms in total. The van der Waals surface area contributed by atoms with Crippen LogP contribution >= 0.6 is 0 Å². The molecular weight excluding hydrogens is 212 g/mol. The van der Waals surface area contributed by atoms with Gasteiger partial charge in [0.15, 0.2) is 0 Å². The Morgan fingerprint density at radius 3 is 3.06 bits per heavy atom. The van der Waals surface area contributed by atoms with Gasteiger partial charge in [-0.15, -0.1) is 0 Å². The van der Waals surface area contributed by atoms with Crippen LogP contribution in [0, 0.1) is 6.92 Å². The first-order valence-corrected chi connectivity index (χ1v) is 5.66. The highest BCUT2D eigenvalue weighted by Gasteiger charge is 2.02. The van der Waals surface area contributed by atoms with E-state index in [-0.39, 0.29) is 5.91 Å². The maximum absolute atomic E-state index is 10.7. The van der Waals surface area contributed by atoms with Gasteiger partial charge in [0.05, 0.1) is 0 Å². The molecule has 0 bridgehead atoms. The van der Waals surface area contributed by atoms with E-state index >= 15 is 0 Å². The Balaban J connectivity index is 2.22. The van der Waals surface area contributed by atoms with Gasteiger partial charge in [-0.2, -0.15) is 0 Å². The van der Waals surface area contributed by atoms with Gasteiger partial charge in [-0.25, -0.2) is 0 Å². The van der Waals surface area contributed by atoms with Crippen LogP contribution in [0.3, 0.4) is 0 Å². The van der Waals surface area contributed by atoms with E-state index in [0.717, 1.165) is 11.1 Å². The van der Waals surface area contributed by atoms with E-state index in [1.54, 1.807) is 0 Å². The van der Waals surface area contributed by atoms with Gasteiger partial charge >= 0.3 is 0 Å². The van der Waals surface area contributed by atoms with Crippen LogP contribution in [-0.4, -0.2) is 17.4 Å². The van der Waals surface area contributed by atoms with E-state index in [1.807, 2.05) is 24.4 Å². The second-order valence-corrected chi connectivity index (χ2v) is 4.08. The van der Waals surface area contributed by atoms with Gasteiger partial charge in [-0.3, -0.25) is 4.79 Å². The number of hydrogen-bond donors (Lipinski definition) is 2. The third kappa shape index (κ3) is 2.56. The predicted molar refractivity (Wildman–Crippen MR) is 70.8 cm³/mol. The SMILES string of the molecule is CC(=O)NCC=Cc1c[nH]c2cccc(C)c12. The first-order valence-electron chi connectivity index (χ1n) is 5.66. The van der Waals surface area contributed by atoms with Crippen molar-refractivity contribution < 1.29 is 4.79 Å². The largest absolute Gasteiger partial charge is 0.361 e. The molecule has 1 aromatic heterocycles. The summed E-state index contributed by atoms with van der Waals surface area (Å²) < 4.78 is 0. The third-order valence-corrected chi connectivity index (χ3v) is 2.71. The molecule has 0 atom stereocenters. The molecule has 88 valence electrons. The summed E-state index contributed by atoms with van der Waals surface area (Å²) in [5.74, 6) is -0.00948. The highest BCUT2D eigenvalue weighted by Crippen LogP contribution is 2.22. The number of hydrogen-bond acceptors (Lipinski definition) is 1. The van der Waals surface area contributed by atoms with Gasteiger partial charge in [0.1, 0.15) is 0 Å². The molecule has 1 aromatic carbocycles. The van der Waals surface area contributed by atoms with Crippen molar-refractivity contribution in [2.24, 2.45) is 0 Å². The molecule has 0 aliphatic carbocycles. The topological polar surface area (TPSA) is 44.9 Å². The van der Waals surface area contributed by atoms with Crippen LogP contribution in [0.25, 0.3) is 17.0 Å². The molecule has 1 heterocycles. The van der Waals surface area contributed by atoms with Crippen molar-refractivity contribution >= 4 is 22.9 Å². The molecular formula is C14H16N2O. The van der Waals surface area contributed by atoms with Crippen LogP contribution in [0.4, 0.5) is 0 Å². The van der Waals surface area contributed by atoms with Crippen LogP contribution in [0.1, 0.15) is 18.1 Å². The third-order valence-electron chi connectivity index (χ3n) is 2.71. The normalized spacial score (nSPS) is 11.2. The van der Waals surface area contributed by atoms with Crippen molar-refractivity contribution in [3.8, 4) is 0 Å². The van der Waals surface area contributed by atoms with Gasteiger partial charge in [0.25, 0.3) is 0 Å². The van der Waals surface area contributed by atoms with Gasteiger partial charge in [0, 0.05) is 30.6 Å². The lowest BCUT2D eigenvalue weighted by Gasteiger charge is -1.98. The Morgan fingerprint density at radius 2 is 2.29 bits per heavy atom. The number of fused-ring (bicyclic) bond motifs is 1. The molecule has 0 unspecified atom stereocenters. The van der Waals surface area contributed by atoms with Crippen molar-refractivity contribution in [3.05, 3.63) is 41.6 Å². The molecule has 0 aliphatic heterocycles. The van der Waals surface area contributed by atoms with E-state index in [1.165, 1.54) is 17.9 Å². The molecule has 0 saturated carbocycles.